The minimum Gasteiger partial charge on any atom is -0.372 e. The van der Waals surface area contributed by atoms with Gasteiger partial charge in [-0.1, -0.05) is 45.5 Å². The van der Waals surface area contributed by atoms with Crippen LogP contribution >= 0.6 is 11.8 Å². The SMILES string of the molecule is CCCN(CCC)[C]1C=CC2=Nc3ccc(N(CCC)CCC)cc3SC2=C1. The number of thioether (sulfide) groups is 1. The molecule has 0 aromatic heterocycles. The van der Waals surface area contributed by atoms with Crippen LogP contribution in [0.25, 0.3) is 0 Å². The normalized spacial score (nSPS) is 15.9. The predicted octanol–water partition coefficient (Wildman–Crippen LogP) is 6.60. The van der Waals surface area contributed by atoms with Gasteiger partial charge in [-0.2, -0.15) is 0 Å². The zero-order valence-corrected chi connectivity index (χ0v) is 18.7. The van der Waals surface area contributed by atoms with Crippen LogP contribution in [-0.2, 0) is 0 Å². The maximum absolute atomic E-state index is 4.94. The smallest absolute Gasteiger partial charge is 0.0854 e. The fourth-order valence-corrected chi connectivity index (χ4v) is 4.85. The van der Waals surface area contributed by atoms with Gasteiger partial charge in [0, 0.05) is 28.6 Å². The molecule has 0 amide bonds. The Labute approximate surface area is 175 Å². The summed E-state index contributed by atoms with van der Waals surface area (Å²) >= 11 is 1.87. The number of allylic oxidation sites excluding steroid dienone is 2. The van der Waals surface area contributed by atoms with E-state index in [2.05, 4.69) is 73.9 Å². The van der Waals surface area contributed by atoms with Gasteiger partial charge in [-0.05, 0) is 69.1 Å². The first-order chi connectivity index (χ1) is 13.7. The highest BCUT2D eigenvalue weighted by Crippen LogP contribution is 2.44. The molecule has 0 saturated carbocycles. The lowest BCUT2D eigenvalue weighted by atomic mass is 10.1. The molecule has 1 aromatic carbocycles. The van der Waals surface area contributed by atoms with Crippen molar-refractivity contribution in [3.8, 4) is 0 Å². The molecule has 0 spiro atoms. The number of hydrogen-bond acceptors (Lipinski definition) is 4. The molecule has 151 valence electrons. The molecule has 3 rings (SSSR count). The Kier molecular flexibility index (Phi) is 7.81. The largest absolute Gasteiger partial charge is 0.372 e. The summed E-state index contributed by atoms with van der Waals surface area (Å²) in [6.07, 6.45) is 11.4. The summed E-state index contributed by atoms with van der Waals surface area (Å²) in [5.41, 5.74) is 3.52. The van der Waals surface area contributed by atoms with Crippen LogP contribution in [0.15, 0.2) is 51.2 Å². The molecule has 1 heterocycles. The number of nitrogens with zero attached hydrogens (tertiary/aromatic N) is 3. The third-order valence-corrected chi connectivity index (χ3v) is 6.15. The third-order valence-electron chi connectivity index (χ3n) is 5.05. The molecule has 0 N–H and O–H groups in total. The van der Waals surface area contributed by atoms with Crippen molar-refractivity contribution in [2.24, 2.45) is 4.99 Å². The van der Waals surface area contributed by atoms with Crippen molar-refractivity contribution in [3.05, 3.63) is 47.4 Å². The van der Waals surface area contributed by atoms with E-state index in [1.165, 1.54) is 47.2 Å². The van der Waals surface area contributed by atoms with Crippen molar-refractivity contribution in [3.63, 3.8) is 0 Å². The molecule has 3 nitrogen and oxygen atoms in total. The number of fused-ring (bicyclic) bond motifs is 2. The van der Waals surface area contributed by atoms with Crippen LogP contribution < -0.4 is 4.90 Å². The van der Waals surface area contributed by atoms with Crippen LogP contribution in [0, 0.1) is 6.04 Å². The molecule has 1 aliphatic carbocycles. The lowest BCUT2D eigenvalue weighted by Gasteiger charge is -2.30. The van der Waals surface area contributed by atoms with Crippen molar-refractivity contribution >= 4 is 28.8 Å². The minimum absolute atomic E-state index is 1.10. The molecule has 4 heteroatoms. The summed E-state index contributed by atoms with van der Waals surface area (Å²) in [5, 5.41) is 0. The predicted molar refractivity (Wildman–Crippen MR) is 125 cm³/mol. The van der Waals surface area contributed by atoms with Crippen LogP contribution in [0.5, 0.6) is 0 Å². The van der Waals surface area contributed by atoms with Crippen molar-refractivity contribution in [2.45, 2.75) is 58.3 Å². The summed E-state index contributed by atoms with van der Waals surface area (Å²) in [5.74, 6) is 0. The summed E-state index contributed by atoms with van der Waals surface area (Å²) in [6.45, 7) is 13.4. The second-order valence-electron chi connectivity index (χ2n) is 7.49. The van der Waals surface area contributed by atoms with Crippen molar-refractivity contribution in [1.82, 2.24) is 4.90 Å². The molecule has 2 aliphatic rings. The van der Waals surface area contributed by atoms with Crippen LogP contribution in [0.1, 0.15) is 53.4 Å². The lowest BCUT2D eigenvalue weighted by Crippen LogP contribution is -2.30. The van der Waals surface area contributed by atoms with E-state index in [1.54, 1.807) is 0 Å². The number of rotatable bonds is 10. The third kappa shape index (κ3) is 4.90. The first-order valence-electron chi connectivity index (χ1n) is 10.9. The zero-order valence-electron chi connectivity index (χ0n) is 17.9. The van der Waals surface area contributed by atoms with Gasteiger partial charge in [0.1, 0.15) is 0 Å². The summed E-state index contributed by atoms with van der Waals surface area (Å²) < 4.78 is 0. The van der Waals surface area contributed by atoms with Gasteiger partial charge in [0.25, 0.3) is 0 Å². The lowest BCUT2D eigenvalue weighted by molar-refractivity contribution is 0.319. The van der Waals surface area contributed by atoms with Crippen molar-refractivity contribution in [1.29, 1.82) is 0 Å². The number of aliphatic imine (C=N–C) groups is 1. The van der Waals surface area contributed by atoms with Gasteiger partial charge in [-0.15, -0.1) is 0 Å². The summed E-state index contributed by atoms with van der Waals surface area (Å²) in [4.78, 5) is 12.5. The van der Waals surface area contributed by atoms with E-state index < -0.39 is 0 Å². The molecule has 0 saturated heterocycles. The zero-order chi connectivity index (χ0) is 19.9. The highest BCUT2D eigenvalue weighted by molar-refractivity contribution is 8.04. The molecule has 0 fully saturated rings. The van der Waals surface area contributed by atoms with Crippen molar-refractivity contribution < 1.29 is 0 Å². The van der Waals surface area contributed by atoms with Crippen molar-refractivity contribution in [2.75, 3.05) is 31.1 Å². The Morgan fingerprint density at radius 1 is 0.821 bits per heavy atom. The highest BCUT2D eigenvalue weighted by Gasteiger charge is 2.24. The van der Waals surface area contributed by atoms with E-state index in [9.17, 15) is 0 Å². The molecule has 1 radical (unpaired) electrons. The fraction of sp³-hybridized carbons (Fsp3) is 0.500. The average molecular weight is 397 g/mol. The van der Waals surface area contributed by atoms with Crippen LogP contribution in [0.2, 0.25) is 0 Å². The molecule has 1 aromatic rings. The summed E-state index contributed by atoms with van der Waals surface area (Å²) in [7, 11) is 0. The van der Waals surface area contributed by atoms with Gasteiger partial charge < -0.3 is 4.90 Å². The van der Waals surface area contributed by atoms with E-state index in [-0.39, 0.29) is 0 Å². The second-order valence-corrected chi connectivity index (χ2v) is 8.58. The topological polar surface area (TPSA) is 18.8 Å². The van der Waals surface area contributed by atoms with Crippen LogP contribution in [0.4, 0.5) is 11.4 Å². The molecule has 0 bridgehead atoms. The first kappa shape index (κ1) is 21.2. The van der Waals surface area contributed by atoms with Gasteiger partial charge in [-0.25, -0.2) is 4.99 Å². The Hall–Kier alpha value is -1.52. The highest BCUT2D eigenvalue weighted by atomic mass is 32.2. The van der Waals surface area contributed by atoms with E-state index in [0.29, 0.717) is 0 Å². The standard InChI is InChI=1S/C24H34N3S/c1-5-13-26(14-6-2)19-9-11-21-23(17-19)28-24-18-20(10-12-22(24)25-21)27(15-7-3)16-8-4/h9-12,17-18H,5-8,13-16H2,1-4H3. The van der Waals surface area contributed by atoms with Gasteiger partial charge in [0.2, 0.25) is 0 Å². The average Bonchev–Trinajstić information content (AvgIpc) is 2.71. The molecule has 28 heavy (non-hydrogen) atoms. The van der Waals surface area contributed by atoms with Gasteiger partial charge in [-0.3, -0.25) is 4.90 Å². The molecule has 1 aliphatic heterocycles. The van der Waals surface area contributed by atoms with Crippen LogP contribution in [0.3, 0.4) is 0 Å². The number of anilines is 1. The van der Waals surface area contributed by atoms with Crippen LogP contribution in [-0.4, -0.2) is 36.8 Å². The summed E-state index contributed by atoms with van der Waals surface area (Å²) in [6, 6.07) is 8.08. The van der Waals surface area contributed by atoms with Gasteiger partial charge >= 0.3 is 0 Å². The van der Waals surface area contributed by atoms with E-state index in [1.807, 2.05) is 11.8 Å². The maximum atomic E-state index is 4.94. The Morgan fingerprint density at radius 3 is 2.11 bits per heavy atom. The molecule has 0 unspecified atom stereocenters. The fourth-order valence-electron chi connectivity index (χ4n) is 3.82. The van der Waals surface area contributed by atoms with Gasteiger partial charge in [0.15, 0.2) is 0 Å². The van der Waals surface area contributed by atoms with E-state index in [0.717, 1.165) is 37.6 Å². The molecular formula is C24H34N3S. The Balaban J connectivity index is 1.84. The Morgan fingerprint density at radius 2 is 1.46 bits per heavy atom. The molecular weight excluding hydrogens is 362 g/mol. The minimum atomic E-state index is 1.10. The first-order valence-corrected chi connectivity index (χ1v) is 11.7. The quantitative estimate of drug-likeness (QED) is 0.444. The number of hydrogen-bond donors (Lipinski definition) is 0. The monoisotopic (exact) mass is 396 g/mol. The number of benzene rings is 1. The maximum Gasteiger partial charge on any atom is 0.0854 e. The van der Waals surface area contributed by atoms with E-state index >= 15 is 0 Å². The second kappa shape index (κ2) is 10.3. The Bertz CT molecular complexity index is 738. The van der Waals surface area contributed by atoms with E-state index in [4.69, 9.17) is 4.99 Å². The molecule has 0 atom stereocenters. The van der Waals surface area contributed by atoms with Gasteiger partial charge in [0.05, 0.1) is 17.4 Å².